The molecular weight excluding hydrogens is 345 g/mol. The predicted molar refractivity (Wildman–Crippen MR) is 87.4 cm³/mol. The largest absolute Gasteiger partial charge is 0.508 e. The summed E-state index contributed by atoms with van der Waals surface area (Å²) in [7, 11) is 0. The molecule has 2 aromatic heterocycles. The van der Waals surface area contributed by atoms with Gasteiger partial charge < -0.3 is 20.2 Å². The second kappa shape index (κ2) is 5.92. The van der Waals surface area contributed by atoms with E-state index in [9.17, 15) is 24.5 Å². The Morgan fingerprint density at radius 1 is 1.38 bits per heavy atom. The van der Waals surface area contributed by atoms with Gasteiger partial charge in [-0.2, -0.15) is 5.10 Å². The van der Waals surface area contributed by atoms with E-state index in [4.69, 9.17) is 0 Å². The van der Waals surface area contributed by atoms with Crippen molar-refractivity contribution in [3.63, 3.8) is 0 Å². The maximum atomic E-state index is 13.6. The molecule has 2 atom stereocenters. The van der Waals surface area contributed by atoms with Crippen molar-refractivity contribution in [3.8, 4) is 5.75 Å². The number of hydrogen-bond donors (Lipinski definition) is 4. The number of benzene rings is 1. The van der Waals surface area contributed by atoms with Gasteiger partial charge in [0.05, 0.1) is 18.3 Å². The van der Waals surface area contributed by atoms with E-state index in [0.29, 0.717) is 11.1 Å². The Kier molecular flexibility index (Phi) is 3.69. The Morgan fingerprint density at radius 3 is 2.96 bits per heavy atom. The van der Waals surface area contributed by atoms with Crippen LogP contribution < -0.4 is 4.90 Å². The quantitative estimate of drug-likeness (QED) is 0.548. The fourth-order valence-corrected chi connectivity index (χ4v) is 3.21. The zero-order valence-electron chi connectivity index (χ0n) is 13.3. The molecule has 4 rings (SSSR count). The summed E-state index contributed by atoms with van der Waals surface area (Å²) in [6, 6.07) is 3.03. The van der Waals surface area contributed by atoms with Crippen LogP contribution in [0.4, 0.5) is 10.3 Å². The molecule has 1 unspecified atom stereocenters. The molecule has 0 aliphatic carbocycles. The van der Waals surface area contributed by atoms with E-state index in [2.05, 4.69) is 20.2 Å². The van der Waals surface area contributed by atoms with Gasteiger partial charge in [-0.25, -0.2) is 19.2 Å². The fraction of sp³-hybridized carbons (Fsp3) is 0.250. The first kappa shape index (κ1) is 16.2. The molecule has 0 amide bonds. The van der Waals surface area contributed by atoms with Crippen molar-refractivity contribution in [3.05, 3.63) is 41.5 Å². The zero-order valence-corrected chi connectivity index (χ0v) is 13.3. The minimum Gasteiger partial charge on any atom is -0.508 e. The van der Waals surface area contributed by atoms with Gasteiger partial charge in [-0.05, 0) is 24.6 Å². The second-order valence-corrected chi connectivity index (χ2v) is 6.07. The van der Waals surface area contributed by atoms with Crippen LogP contribution >= 0.6 is 0 Å². The van der Waals surface area contributed by atoms with E-state index < -0.39 is 23.9 Å². The Hall–Kier alpha value is -3.27. The normalized spacial score (nSPS) is 20.0. The molecule has 134 valence electrons. The van der Waals surface area contributed by atoms with Crippen LogP contribution in [0.2, 0.25) is 0 Å². The molecule has 10 heteroatoms. The van der Waals surface area contributed by atoms with Crippen molar-refractivity contribution in [2.75, 3.05) is 11.4 Å². The molecular formula is C16H14FN5O4. The summed E-state index contributed by atoms with van der Waals surface area (Å²) in [6.07, 6.45) is 0.908. The van der Waals surface area contributed by atoms with E-state index in [-0.39, 0.29) is 35.9 Å². The number of aromatic hydroxyl groups is 1. The summed E-state index contributed by atoms with van der Waals surface area (Å²) < 4.78 is 13.6. The monoisotopic (exact) mass is 359 g/mol. The number of carboxylic acid groups (broad SMARTS) is 1. The van der Waals surface area contributed by atoms with Crippen molar-refractivity contribution in [1.82, 2.24) is 20.2 Å². The van der Waals surface area contributed by atoms with Crippen molar-refractivity contribution in [2.45, 2.75) is 18.6 Å². The SMILES string of the molecule is O=C(O)c1n[nH]c2cnc(N3CC(O)C[C@@H]3c3cc(F)ccc3O)nc12. The molecule has 3 heterocycles. The van der Waals surface area contributed by atoms with Gasteiger partial charge in [-0.1, -0.05) is 0 Å². The van der Waals surface area contributed by atoms with E-state index in [1.807, 2.05) is 0 Å². The lowest BCUT2D eigenvalue weighted by atomic mass is 10.0. The zero-order chi connectivity index (χ0) is 18.4. The highest BCUT2D eigenvalue weighted by Crippen LogP contribution is 2.39. The minimum atomic E-state index is -1.23. The predicted octanol–water partition coefficient (Wildman–Crippen LogP) is 1.21. The number of aromatic carboxylic acids is 1. The first-order valence-electron chi connectivity index (χ1n) is 7.81. The van der Waals surface area contributed by atoms with Crippen LogP contribution in [-0.4, -0.2) is 54.1 Å². The van der Waals surface area contributed by atoms with Crippen LogP contribution in [0.15, 0.2) is 24.4 Å². The number of fused-ring (bicyclic) bond motifs is 1. The number of aliphatic hydroxyl groups is 1. The topological polar surface area (TPSA) is 135 Å². The second-order valence-electron chi connectivity index (χ2n) is 6.07. The molecule has 1 aromatic carbocycles. The summed E-state index contributed by atoms with van der Waals surface area (Å²) in [5, 5.41) is 35.6. The summed E-state index contributed by atoms with van der Waals surface area (Å²) >= 11 is 0. The van der Waals surface area contributed by atoms with Gasteiger partial charge in [0.1, 0.15) is 22.6 Å². The summed E-state index contributed by atoms with van der Waals surface area (Å²) in [4.78, 5) is 21.3. The standard InChI is InChI=1S/C16H14FN5O4/c17-7-1-2-12(24)9(3-7)11-4-8(23)6-22(11)16-18-5-10-13(19-16)14(15(25)26)21-20-10/h1-3,5,8,11,23-24H,4,6H2,(H,20,21)(H,25,26)/t8?,11-/m1/s1. The first-order valence-corrected chi connectivity index (χ1v) is 7.81. The summed E-state index contributed by atoms with van der Waals surface area (Å²) in [5.74, 6) is -1.70. The van der Waals surface area contributed by atoms with Gasteiger partial charge in [0.2, 0.25) is 5.95 Å². The van der Waals surface area contributed by atoms with Crippen LogP contribution in [0.5, 0.6) is 5.75 Å². The minimum absolute atomic E-state index is 0.105. The van der Waals surface area contributed by atoms with Crippen molar-refractivity contribution in [2.24, 2.45) is 0 Å². The number of hydrogen-bond acceptors (Lipinski definition) is 7. The number of β-amino-alcohol motifs (C(OH)–C–C–N with tert-alkyl or cyclic N) is 1. The van der Waals surface area contributed by atoms with Crippen molar-refractivity contribution < 1.29 is 24.5 Å². The van der Waals surface area contributed by atoms with Crippen LogP contribution in [0, 0.1) is 5.82 Å². The number of phenols is 1. The van der Waals surface area contributed by atoms with Gasteiger partial charge in [-0.3, -0.25) is 5.10 Å². The van der Waals surface area contributed by atoms with Crippen LogP contribution in [0.25, 0.3) is 11.0 Å². The Labute approximate surface area is 145 Å². The molecule has 0 bridgehead atoms. The lowest BCUT2D eigenvalue weighted by Crippen LogP contribution is -2.26. The van der Waals surface area contributed by atoms with Crippen molar-refractivity contribution in [1.29, 1.82) is 0 Å². The highest BCUT2D eigenvalue weighted by Gasteiger charge is 2.35. The molecule has 1 fully saturated rings. The molecule has 0 saturated carbocycles. The number of H-pyrrole nitrogens is 1. The lowest BCUT2D eigenvalue weighted by Gasteiger charge is -2.25. The lowest BCUT2D eigenvalue weighted by molar-refractivity contribution is 0.0692. The van der Waals surface area contributed by atoms with Gasteiger partial charge in [-0.15, -0.1) is 0 Å². The van der Waals surface area contributed by atoms with Gasteiger partial charge in [0.25, 0.3) is 0 Å². The van der Waals surface area contributed by atoms with Gasteiger partial charge in [0.15, 0.2) is 5.69 Å². The molecule has 9 nitrogen and oxygen atoms in total. The molecule has 0 radical (unpaired) electrons. The summed E-state index contributed by atoms with van der Waals surface area (Å²) in [5.41, 5.74) is 0.548. The highest BCUT2D eigenvalue weighted by atomic mass is 19.1. The average molecular weight is 359 g/mol. The number of carboxylic acids is 1. The number of nitrogens with one attached hydrogen (secondary N) is 1. The molecule has 26 heavy (non-hydrogen) atoms. The summed E-state index contributed by atoms with van der Waals surface area (Å²) in [6.45, 7) is 0.159. The van der Waals surface area contributed by atoms with Gasteiger partial charge >= 0.3 is 5.97 Å². The Morgan fingerprint density at radius 2 is 2.19 bits per heavy atom. The Balaban J connectivity index is 1.80. The number of aromatic amines is 1. The Bertz CT molecular complexity index is 1010. The van der Waals surface area contributed by atoms with E-state index in [1.54, 1.807) is 4.90 Å². The molecule has 4 N–H and O–H groups in total. The van der Waals surface area contributed by atoms with E-state index in [0.717, 1.165) is 6.07 Å². The highest BCUT2D eigenvalue weighted by molar-refractivity contribution is 5.98. The van der Waals surface area contributed by atoms with Gasteiger partial charge in [0, 0.05) is 12.1 Å². The fourth-order valence-electron chi connectivity index (χ4n) is 3.21. The molecule has 1 saturated heterocycles. The number of anilines is 1. The van der Waals surface area contributed by atoms with Crippen molar-refractivity contribution >= 4 is 23.0 Å². The molecule has 1 aliphatic heterocycles. The third-order valence-corrected chi connectivity index (χ3v) is 4.38. The molecule has 3 aromatic rings. The van der Waals surface area contributed by atoms with Crippen LogP contribution in [0.1, 0.15) is 28.5 Å². The van der Waals surface area contributed by atoms with Crippen LogP contribution in [-0.2, 0) is 0 Å². The average Bonchev–Trinajstić information content (AvgIpc) is 3.19. The number of carbonyl (C=O) groups is 1. The number of aliphatic hydroxyl groups excluding tert-OH is 1. The third kappa shape index (κ3) is 2.60. The first-order chi connectivity index (χ1) is 12.4. The number of nitrogens with zero attached hydrogens (tertiary/aromatic N) is 4. The number of aromatic nitrogens is 4. The molecule has 0 spiro atoms. The maximum Gasteiger partial charge on any atom is 0.358 e. The third-order valence-electron chi connectivity index (χ3n) is 4.38. The number of rotatable bonds is 3. The van der Waals surface area contributed by atoms with Crippen LogP contribution in [0.3, 0.4) is 0 Å². The number of phenolic OH excluding ortho intramolecular Hbond substituents is 1. The van der Waals surface area contributed by atoms with E-state index >= 15 is 0 Å². The van der Waals surface area contributed by atoms with E-state index in [1.165, 1.54) is 18.3 Å². The number of halogens is 1. The maximum absolute atomic E-state index is 13.6. The smallest absolute Gasteiger partial charge is 0.358 e. The molecule has 1 aliphatic rings.